The third kappa shape index (κ3) is 3.37. The van der Waals surface area contributed by atoms with E-state index < -0.39 is 5.91 Å². The van der Waals surface area contributed by atoms with Crippen molar-refractivity contribution >= 4 is 27.5 Å². The topological polar surface area (TPSA) is 62.1 Å². The number of fused-ring (bicyclic) bond motifs is 1. The Morgan fingerprint density at radius 3 is 2.92 bits per heavy atom. The second-order valence-corrected chi connectivity index (χ2v) is 6.55. The zero-order valence-corrected chi connectivity index (χ0v) is 14.8. The van der Waals surface area contributed by atoms with Gasteiger partial charge in [-0.05, 0) is 31.0 Å². The van der Waals surface area contributed by atoms with E-state index in [-0.39, 0.29) is 5.76 Å². The smallest absolute Gasteiger partial charge is 0.317 e. The van der Waals surface area contributed by atoms with Crippen molar-refractivity contribution in [2.24, 2.45) is 4.99 Å². The predicted molar refractivity (Wildman–Crippen MR) is 91.7 cm³/mol. The first-order valence-corrected chi connectivity index (χ1v) is 8.55. The molecule has 0 fully saturated rings. The van der Waals surface area contributed by atoms with Gasteiger partial charge in [0.2, 0.25) is 5.76 Å². The minimum atomic E-state index is -0.429. The fourth-order valence-electron chi connectivity index (χ4n) is 2.62. The number of aryl methyl sites for hydroxylation is 2. The summed E-state index contributed by atoms with van der Waals surface area (Å²) in [4.78, 5) is 17.2. The van der Waals surface area contributed by atoms with Crippen molar-refractivity contribution in [1.82, 2.24) is 4.57 Å². The lowest BCUT2D eigenvalue weighted by Gasteiger charge is -2.12. The molecule has 0 N–H and O–H groups in total. The third-order valence-corrected chi connectivity index (χ3v) is 4.92. The summed E-state index contributed by atoms with van der Waals surface area (Å²) in [6.45, 7) is 6.11. The van der Waals surface area contributed by atoms with E-state index in [1.165, 1.54) is 28.7 Å². The molecule has 0 spiro atoms. The first-order chi connectivity index (χ1) is 11.6. The van der Waals surface area contributed by atoms with Crippen LogP contribution >= 0.6 is 11.3 Å². The van der Waals surface area contributed by atoms with Gasteiger partial charge in [-0.25, -0.2) is 0 Å². The molecule has 6 nitrogen and oxygen atoms in total. The summed E-state index contributed by atoms with van der Waals surface area (Å²) in [7, 11) is 1.66. The molecule has 7 heteroatoms. The minimum absolute atomic E-state index is 0.143. The van der Waals surface area contributed by atoms with Crippen molar-refractivity contribution in [2.45, 2.75) is 20.4 Å². The van der Waals surface area contributed by atoms with Gasteiger partial charge in [0.05, 0.1) is 16.8 Å². The molecule has 0 bridgehead atoms. The summed E-state index contributed by atoms with van der Waals surface area (Å²) in [5, 5.41) is 0. The van der Waals surface area contributed by atoms with Gasteiger partial charge in [0.25, 0.3) is 0 Å². The Kier molecular flexibility index (Phi) is 5.01. The van der Waals surface area contributed by atoms with Crippen LogP contribution in [0.3, 0.4) is 0 Å². The lowest BCUT2D eigenvalue weighted by Crippen LogP contribution is -2.21. The molecule has 3 rings (SSSR count). The quantitative estimate of drug-likeness (QED) is 0.850. The Morgan fingerprint density at radius 2 is 2.21 bits per heavy atom. The van der Waals surface area contributed by atoms with Crippen LogP contribution in [0.5, 0.6) is 0 Å². The van der Waals surface area contributed by atoms with Gasteiger partial charge in [0.1, 0.15) is 19.5 Å². The van der Waals surface area contributed by atoms with Gasteiger partial charge in [-0.1, -0.05) is 17.4 Å². The highest BCUT2D eigenvalue weighted by Crippen LogP contribution is 2.23. The maximum atomic E-state index is 12.3. The lowest BCUT2D eigenvalue weighted by atomic mass is 10.1. The Hall–Kier alpha value is -2.12. The number of methoxy groups -OCH3 is 1. The summed E-state index contributed by atoms with van der Waals surface area (Å²) < 4.78 is 18.8. The van der Waals surface area contributed by atoms with Crippen molar-refractivity contribution in [1.29, 1.82) is 0 Å². The van der Waals surface area contributed by atoms with Gasteiger partial charge < -0.3 is 18.8 Å². The second-order valence-electron chi connectivity index (χ2n) is 5.58. The van der Waals surface area contributed by atoms with Crippen molar-refractivity contribution in [2.75, 3.05) is 26.9 Å². The number of aromatic nitrogens is 1. The van der Waals surface area contributed by atoms with Crippen LogP contribution in [0.25, 0.3) is 10.2 Å². The van der Waals surface area contributed by atoms with Crippen molar-refractivity contribution in [3.05, 3.63) is 40.1 Å². The maximum Gasteiger partial charge on any atom is 0.317 e. The second kappa shape index (κ2) is 7.19. The highest BCUT2D eigenvalue weighted by atomic mass is 32.1. The number of thiazole rings is 1. The molecule has 1 aromatic heterocycles. The van der Waals surface area contributed by atoms with Gasteiger partial charge >= 0.3 is 5.91 Å². The van der Waals surface area contributed by atoms with E-state index in [1.54, 1.807) is 7.11 Å². The number of carbonyl (C=O) groups is 1. The predicted octanol–water partition coefficient (Wildman–Crippen LogP) is 2.28. The number of nitrogens with zero attached hydrogens (tertiary/aromatic N) is 2. The van der Waals surface area contributed by atoms with Crippen LogP contribution in [-0.2, 0) is 25.5 Å². The Bertz CT molecular complexity index is 863. The zero-order valence-electron chi connectivity index (χ0n) is 14.0. The summed E-state index contributed by atoms with van der Waals surface area (Å²) in [5.41, 5.74) is 3.41. The van der Waals surface area contributed by atoms with Crippen LogP contribution in [0.2, 0.25) is 0 Å². The number of hydrogen-bond acceptors (Lipinski definition) is 5. The average molecular weight is 348 g/mol. The highest BCUT2D eigenvalue weighted by Gasteiger charge is 2.16. The largest absolute Gasteiger partial charge is 0.494 e. The number of hydrogen-bond donors (Lipinski definition) is 0. The Balaban J connectivity index is 2.11. The van der Waals surface area contributed by atoms with Crippen LogP contribution in [-0.4, -0.2) is 37.4 Å². The van der Waals surface area contributed by atoms with Crippen LogP contribution in [0.4, 0.5) is 0 Å². The molecule has 0 saturated carbocycles. The molecule has 2 aromatic rings. The summed E-state index contributed by atoms with van der Waals surface area (Å²) in [5.74, 6) is -0.285. The van der Waals surface area contributed by atoms with E-state index in [1.807, 2.05) is 4.57 Å². The van der Waals surface area contributed by atoms with Gasteiger partial charge in [0.15, 0.2) is 4.80 Å². The van der Waals surface area contributed by atoms with Crippen molar-refractivity contribution in [3.8, 4) is 0 Å². The molecule has 0 aliphatic carbocycles. The minimum Gasteiger partial charge on any atom is -0.494 e. The van der Waals surface area contributed by atoms with Gasteiger partial charge in [0, 0.05) is 13.7 Å². The summed E-state index contributed by atoms with van der Waals surface area (Å²) in [6.07, 6.45) is 1.33. The van der Waals surface area contributed by atoms with Crippen LogP contribution in [0.15, 0.2) is 29.1 Å². The van der Waals surface area contributed by atoms with Crippen LogP contribution in [0, 0.1) is 13.8 Å². The molecule has 24 heavy (non-hydrogen) atoms. The Morgan fingerprint density at radius 1 is 1.38 bits per heavy atom. The molecule has 1 aliphatic heterocycles. The van der Waals surface area contributed by atoms with Gasteiger partial charge in [-0.2, -0.15) is 4.99 Å². The maximum absolute atomic E-state index is 12.3. The average Bonchev–Trinajstić information content (AvgIpc) is 2.91. The Labute approximate surface area is 144 Å². The monoisotopic (exact) mass is 348 g/mol. The lowest BCUT2D eigenvalue weighted by molar-refractivity contribution is -0.119. The summed E-state index contributed by atoms with van der Waals surface area (Å²) >= 11 is 1.50. The molecule has 1 amide bonds. The first-order valence-electron chi connectivity index (χ1n) is 7.73. The fraction of sp³-hybridized carbons (Fsp3) is 0.412. The number of amides is 1. The van der Waals surface area contributed by atoms with E-state index in [9.17, 15) is 4.79 Å². The molecule has 128 valence electrons. The standard InChI is InChI=1S/C17H20N2O4S/c1-11-8-12(2)15-13(9-11)19(4-5-21-3)17(24-15)18-16(20)14-10-22-6-7-23-14/h8-10H,4-7H2,1-3H3. The third-order valence-electron chi connectivity index (χ3n) is 3.69. The molecule has 2 heterocycles. The molecule has 0 unspecified atom stereocenters. The van der Waals surface area contributed by atoms with E-state index in [0.717, 1.165) is 10.2 Å². The first kappa shape index (κ1) is 16.7. The van der Waals surface area contributed by atoms with E-state index >= 15 is 0 Å². The molecular weight excluding hydrogens is 328 g/mol. The van der Waals surface area contributed by atoms with E-state index in [4.69, 9.17) is 14.2 Å². The molecule has 1 aliphatic rings. The fourth-order valence-corrected chi connectivity index (χ4v) is 3.72. The number of benzene rings is 1. The van der Waals surface area contributed by atoms with Gasteiger partial charge in [-0.15, -0.1) is 0 Å². The number of ether oxygens (including phenoxy) is 3. The van der Waals surface area contributed by atoms with Crippen LogP contribution < -0.4 is 4.80 Å². The normalized spacial score (nSPS) is 15.1. The molecular formula is C17H20N2O4S. The van der Waals surface area contributed by atoms with E-state index in [0.29, 0.717) is 31.2 Å². The zero-order chi connectivity index (χ0) is 17.1. The van der Waals surface area contributed by atoms with Crippen LogP contribution in [0.1, 0.15) is 11.1 Å². The SMILES string of the molecule is COCCn1c(=NC(=O)C2=COCCO2)sc2c(C)cc(C)cc21. The molecule has 0 atom stereocenters. The number of carbonyl (C=O) groups excluding carboxylic acids is 1. The summed E-state index contributed by atoms with van der Waals surface area (Å²) in [6, 6.07) is 4.24. The molecule has 0 radical (unpaired) electrons. The number of rotatable bonds is 4. The van der Waals surface area contributed by atoms with Gasteiger partial charge in [-0.3, -0.25) is 4.79 Å². The molecule has 0 saturated heterocycles. The van der Waals surface area contributed by atoms with Crippen molar-refractivity contribution < 1.29 is 19.0 Å². The highest BCUT2D eigenvalue weighted by molar-refractivity contribution is 7.16. The van der Waals surface area contributed by atoms with E-state index in [2.05, 4.69) is 31.0 Å². The molecule has 1 aromatic carbocycles. The van der Waals surface area contributed by atoms with Crippen molar-refractivity contribution in [3.63, 3.8) is 0 Å².